The van der Waals surface area contributed by atoms with Crippen molar-refractivity contribution in [3.8, 4) is 11.5 Å². The van der Waals surface area contributed by atoms with Crippen molar-refractivity contribution < 1.29 is 15.0 Å². The first-order valence-electron chi connectivity index (χ1n) is 5.82. The second-order valence-corrected chi connectivity index (χ2v) is 5.30. The molecule has 3 N–H and O–H groups in total. The molecule has 1 atom stereocenters. The van der Waals surface area contributed by atoms with E-state index in [1.165, 1.54) is 12.1 Å². The van der Waals surface area contributed by atoms with Gasteiger partial charge in [-0.25, -0.2) is 0 Å². The fourth-order valence-electron chi connectivity index (χ4n) is 1.70. The lowest BCUT2D eigenvalue weighted by Crippen LogP contribution is -2.37. The monoisotopic (exact) mass is 315 g/mol. The van der Waals surface area contributed by atoms with Gasteiger partial charge in [0.25, 0.3) is 5.91 Å². The Kier molecular flexibility index (Phi) is 5.47. The van der Waals surface area contributed by atoms with Gasteiger partial charge in [0.05, 0.1) is 5.56 Å². The lowest BCUT2D eigenvalue weighted by Gasteiger charge is -2.18. The first-order chi connectivity index (χ1) is 8.43. The number of phenolic OH excluding ortho intramolecular Hbond substituents is 2. The van der Waals surface area contributed by atoms with Crippen molar-refractivity contribution in [3.05, 3.63) is 23.8 Å². The number of carbonyl (C=O) groups excluding carboxylic acids is 1. The minimum Gasteiger partial charge on any atom is -0.508 e. The summed E-state index contributed by atoms with van der Waals surface area (Å²) in [6.07, 6.45) is 0.857. The third-order valence-corrected chi connectivity index (χ3v) is 3.28. The SMILES string of the molecule is CC(C)CC(CBr)NC(=O)c1ccc(O)cc1O. The van der Waals surface area contributed by atoms with Crippen molar-refractivity contribution in [2.45, 2.75) is 26.3 Å². The highest BCUT2D eigenvalue weighted by molar-refractivity contribution is 9.09. The average Bonchev–Trinajstić information content (AvgIpc) is 2.27. The molecule has 1 unspecified atom stereocenters. The van der Waals surface area contributed by atoms with Gasteiger partial charge in [-0.3, -0.25) is 4.79 Å². The van der Waals surface area contributed by atoms with Gasteiger partial charge in [0.2, 0.25) is 0 Å². The molecule has 0 aromatic heterocycles. The number of phenols is 2. The zero-order chi connectivity index (χ0) is 13.7. The van der Waals surface area contributed by atoms with Crippen molar-refractivity contribution in [2.24, 2.45) is 5.92 Å². The van der Waals surface area contributed by atoms with Crippen LogP contribution in [-0.4, -0.2) is 27.5 Å². The smallest absolute Gasteiger partial charge is 0.255 e. The first-order valence-corrected chi connectivity index (χ1v) is 6.95. The molecule has 18 heavy (non-hydrogen) atoms. The molecule has 0 fully saturated rings. The van der Waals surface area contributed by atoms with Crippen LogP contribution in [0.5, 0.6) is 11.5 Å². The zero-order valence-electron chi connectivity index (χ0n) is 10.5. The summed E-state index contributed by atoms with van der Waals surface area (Å²) >= 11 is 3.36. The lowest BCUT2D eigenvalue weighted by molar-refractivity contribution is 0.0934. The lowest BCUT2D eigenvalue weighted by atomic mass is 10.0. The highest BCUT2D eigenvalue weighted by atomic mass is 79.9. The quantitative estimate of drug-likeness (QED) is 0.732. The Hall–Kier alpha value is -1.23. The zero-order valence-corrected chi connectivity index (χ0v) is 12.1. The minimum absolute atomic E-state index is 0.0192. The third kappa shape index (κ3) is 4.22. The van der Waals surface area contributed by atoms with Crippen LogP contribution in [0.25, 0.3) is 0 Å². The van der Waals surface area contributed by atoms with Gasteiger partial charge in [-0.1, -0.05) is 29.8 Å². The second-order valence-electron chi connectivity index (χ2n) is 4.66. The maximum absolute atomic E-state index is 12.0. The molecule has 1 aromatic rings. The molecule has 0 saturated carbocycles. The molecular formula is C13H18BrNO3. The fraction of sp³-hybridized carbons (Fsp3) is 0.462. The van der Waals surface area contributed by atoms with E-state index < -0.39 is 0 Å². The predicted octanol–water partition coefficient (Wildman–Crippen LogP) is 2.64. The van der Waals surface area contributed by atoms with E-state index >= 15 is 0 Å². The highest BCUT2D eigenvalue weighted by Gasteiger charge is 2.16. The number of nitrogens with one attached hydrogen (secondary N) is 1. The fourth-order valence-corrected chi connectivity index (χ4v) is 2.13. The van der Waals surface area contributed by atoms with Crippen molar-refractivity contribution in [1.82, 2.24) is 5.32 Å². The summed E-state index contributed by atoms with van der Waals surface area (Å²) < 4.78 is 0. The van der Waals surface area contributed by atoms with E-state index in [9.17, 15) is 9.90 Å². The van der Waals surface area contributed by atoms with Gasteiger partial charge in [0, 0.05) is 17.4 Å². The minimum atomic E-state index is -0.336. The molecule has 0 heterocycles. The van der Waals surface area contributed by atoms with Crippen molar-refractivity contribution in [3.63, 3.8) is 0 Å². The van der Waals surface area contributed by atoms with Gasteiger partial charge in [-0.2, -0.15) is 0 Å². The number of benzene rings is 1. The van der Waals surface area contributed by atoms with E-state index in [1.807, 2.05) is 0 Å². The molecular weight excluding hydrogens is 298 g/mol. The molecule has 5 heteroatoms. The molecule has 0 spiro atoms. The number of rotatable bonds is 5. The Morgan fingerprint density at radius 2 is 2.06 bits per heavy atom. The summed E-state index contributed by atoms with van der Waals surface area (Å²) in [5.41, 5.74) is 0.169. The number of hydrogen-bond acceptors (Lipinski definition) is 3. The summed E-state index contributed by atoms with van der Waals surface area (Å²) in [7, 11) is 0. The highest BCUT2D eigenvalue weighted by Crippen LogP contribution is 2.22. The molecule has 1 amide bonds. The van der Waals surface area contributed by atoms with Crippen molar-refractivity contribution in [2.75, 3.05) is 5.33 Å². The topological polar surface area (TPSA) is 69.6 Å². The number of aromatic hydroxyl groups is 2. The average molecular weight is 316 g/mol. The first kappa shape index (κ1) is 14.8. The van der Waals surface area contributed by atoms with Gasteiger partial charge in [0.15, 0.2) is 0 Å². The Bertz CT molecular complexity index is 421. The molecule has 0 saturated heterocycles. The molecule has 1 rings (SSSR count). The van der Waals surface area contributed by atoms with Gasteiger partial charge in [-0.15, -0.1) is 0 Å². The maximum Gasteiger partial charge on any atom is 0.255 e. The number of alkyl halides is 1. The van der Waals surface area contributed by atoms with Crippen LogP contribution in [0.3, 0.4) is 0 Å². The molecule has 100 valence electrons. The van der Waals surface area contributed by atoms with Crippen LogP contribution in [0, 0.1) is 5.92 Å². The van der Waals surface area contributed by atoms with Crippen molar-refractivity contribution >= 4 is 21.8 Å². The van der Waals surface area contributed by atoms with Crippen molar-refractivity contribution in [1.29, 1.82) is 0 Å². The molecule has 0 aliphatic carbocycles. The number of carbonyl (C=O) groups is 1. The second kappa shape index (κ2) is 6.64. The van der Waals surface area contributed by atoms with Crippen LogP contribution in [0.1, 0.15) is 30.6 Å². The number of amides is 1. The Balaban J connectivity index is 2.74. The van der Waals surface area contributed by atoms with E-state index in [0.717, 1.165) is 12.5 Å². The van der Waals surface area contributed by atoms with Gasteiger partial charge >= 0.3 is 0 Å². The van der Waals surface area contributed by atoms with Crippen LogP contribution < -0.4 is 5.32 Å². The van der Waals surface area contributed by atoms with E-state index in [-0.39, 0.29) is 29.0 Å². The van der Waals surface area contributed by atoms with E-state index in [2.05, 4.69) is 35.1 Å². The van der Waals surface area contributed by atoms with Crippen LogP contribution >= 0.6 is 15.9 Å². The summed E-state index contributed by atoms with van der Waals surface area (Å²) in [4.78, 5) is 12.0. The van der Waals surface area contributed by atoms with E-state index in [4.69, 9.17) is 5.11 Å². The van der Waals surface area contributed by atoms with Crippen LogP contribution in [0.15, 0.2) is 18.2 Å². The molecule has 0 bridgehead atoms. The van der Waals surface area contributed by atoms with Crippen LogP contribution in [0.2, 0.25) is 0 Å². The third-order valence-electron chi connectivity index (χ3n) is 2.50. The standard InChI is InChI=1S/C13H18BrNO3/c1-8(2)5-9(7-14)15-13(18)11-4-3-10(16)6-12(11)17/h3-4,6,8-9,16-17H,5,7H2,1-2H3,(H,15,18). The maximum atomic E-state index is 12.0. The van der Waals surface area contributed by atoms with Gasteiger partial charge in [0.1, 0.15) is 11.5 Å². The summed E-state index contributed by atoms with van der Waals surface area (Å²) in [5, 5.41) is 22.3. The molecule has 0 aliphatic rings. The van der Waals surface area contributed by atoms with Gasteiger partial charge < -0.3 is 15.5 Å². The summed E-state index contributed by atoms with van der Waals surface area (Å²) in [5.74, 6) is -0.146. The van der Waals surface area contributed by atoms with Crippen LogP contribution in [-0.2, 0) is 0 Å². The predicted molar refractivity (Wildman–Crippen MR) is 74.3 cm³/mol. The van der Waals surface area contributed by atoms with E-state index in [1.54, 1.807) is 0 Å². The number of hydrogen-bond donors (Lipinski definition) is 3. The largest absolute Gasteiger partial charge is 0.508 e. The number of halogens is 1. The van der Waals surface area contributed by atoms with Gasteiger partial charge in [-0.05, 0) is 24.5 Å². The van der Waals surface area contributed by atoms with Crippen LogP contribution in [0.4, 0.5) is 0 Å². The molecule has 4 nitrogen and oxygen atoms in total. The molecule has 1 aromatic carbocycles. The summed E-state index contributed by atoms with van der Waals surface area (Å²) in [6.45, 7) is 4.17. The Morgan fingerprint density at radius 1 is 1.39 bits per heavy atom. The summed E-state index contributed by atoms with van der Waals surface area (Å²) in [6, 6.07) is 3.95. The normalized spacial score (nSPS) is 12.4. The molecule has 0 aliphatic heterocycles. The van der Waals surface area contributed by atoms with E-state index in [0.29, 0.717) is 11.2 Å². The Labute approximate surface area is 115 Å². The molecule has 0 radical (unpaired) electrons. The Morgan fingerprint density at radius 3 is 2.56 bits per heavy atom.